The lowest BCUT2D eigenvalue weighted by Gasteiger charge is -2.24. The molecule has 9 heteroatoms. The molecular formula is C12H15BrN2O5S. The van der Waals surface area contributed by atoms with Crippen LogP contribution < -0.4 is 10.5 Å². The molecule has 0 aliphatic carbocycles. The average molecular weight is 379 g/mol. The second kappa shape index (κ2) is 6.12. The molecule has 4 N–H and O–H groups in total. The predicted octanol–water partition coefficient (Wildman–Crippen LogP) is 1.08. The zero-order valence-electron chi connectivity index (χ0n) is 11.4. The number of nitrogens with one attached hydrogen (secondary N) is 1. The van der Waals surface area contributed by atoms with E-state index in [0.717, 1.165) is 0 Å². The molecule has 0 aromatic heterocycles. The first-order chi connectivity index (χ1) is 9.44. The van der Waals surface area contributed by atoms with Gasteiger partial charge in [-0.15, -0.1) is 0 Å². The van der Waals surface area contributed by atoms with Crippen molar-refractivity contribution in [2.75, 3.05) is 0 Å². The number of hydrogen-bond donors (Lipinski definition) is 3. The molecule has 0 aliphatic heterocycles. The molecule has 1 aromatic carbocycles. The summed E-state index contributed by atoms with van der Waals surface area (Å²) in [6.07, 6.45) is -0.170. The van der Waals surface area contributed by atoms with E-state index in [0.29, 0.717) is 0 Å². The van der Waals surface area contributed by atoms with Crippen molar-refractivity contribution in [1.82, 2.24) is 4.72 Å². The van der Waals surface area contributed by atoms with Crippen LogP contribution in [0, 0.1) is 0 Å². The average Bonchev–Trinajstić information content (AvgIpc) is 2.24. The van der Waals surface area contributed by atoms with E-state index >= 15 is 0 Å². The molecule has 0 fully saturated rings. The van der Waals surface area contributed by atoms with Crippen molar-refractivity contribution < 1.29 is 23.1 Å². The van der Waals surface area contributed by atoms with Crippen molar-refractivity contribution in [3.8, 4) is 0 Å². The highest BCUT2D eigenvalue weighted by Gasteiger charge is 2.29. The lowest BCUT2D eigenvalue weighted by molar-refractivity contribution is -0.119. The van der Waals surface area contributed by atoms with Gasteiger partial charge in [-0.2, -0.15) is 0 Å². The van der Waals surface area contributed by atoms with Gasteiger partial charge in [0.2, 0.25) is 15.9 Å². The third-order valence-electron chi connectivity index (χ3n) is 2.50. The second-order valence-electron chi connectivity index (χ2n) is 5.08. The molecule has 0 unspecified atom stereocenters. The van der Waals surface area contributed by atoms with Crippen LogP contribution in [-0.4, -0.2) is 30.9 Å². The number of amides is 1. The summed E-state index contributed by atoms with van der Waals surface area (Å²) in [5, 5.41) is 8.85. The first kappa shape index (κ1) is 17.6. The quantitative estimate of drug-likeness (QED) is 0.682. The molecule has 0 heterocycles. The number of carbonyl (C=O) groups excluding carboxylic acids is 1. The van der Waals surface area contributed by atoms with Crippen LogP contribution in [0.1, 0.15) is 30.6 Å². The Bertz CT molecular complexity index is 685. The van der Waals surface area contributed by atoms with Gasteiger partial charge >= 0.3 is 5.97 Å². The van der Waals surface area contributed by atoms with Gasteiger partial charge in [0.05, 0.1) is 10.5 Å². The van der Waals surface area contributed by atoms with Crippen LogP contribution in [-0.2, 0) is 14.8 Å². The Kier molecular flexibility index (Phi) is 5.13. The van der Waals surface area contributed by atoms with Gasteiger partial charge in [-0.1, -0.05) is 0 Å². The molecule has 0 saturated carbocycles. The summed E-state index contributed by atoms with van der Waals surface area (Å²) in [7, 11) is -3.93. The fourth-order valence-electron chi connectivity index (χ4n) is 1.74. The molecular weight excluding hydrogens is 364 g/mol. The van der Waals surface area contributed by atoms with Crippen LogP contribution >= 0.6 is 15.9 Å². The molecule has 0 aliphatic rings. The maximum Gasteiger partial charge on any atom is 0.335 e. The fraction of sp³-hybridized carbons (Fsp3) is 0.333. The molecule has 0 radical (unpaired) electrons. The summed E-state index contributed by atoms with van der Waals surface area (Å²) in [6, 6.07) is 3.55. The number of sulfonamides is 1. The molecule has 21 heavy (non-hydrogen) atoms. The number of halogens is 1. The van der Waals surface area contributed by atoms with Gasteiger partial charge in [0.25, 0.3) is 0 Å². The molecule has 0 bridgehead atoms. The van der Waals surface area contributed by atoms with E-state index in [1.165, 1.54) is 32.0 Å². The SMILES string of the molecule is CC(C)(CC(N)=O)NS(=O)(=O)c1ccc(C(=O)O)cc1Br. The zero-order chi connectivity index (χ0) is 16.4. The third-order valence-corrected chi connectivity index (χ3v) is 5.17. The van der Waals surface area contributed by atoms with Gasteiger partial charge in [0, 0.05) is 16.4 Å². The Morgan fingerprint density at radius 1 is 1.38 bits per heavy atom. The number of benzene rings is 1. The Morgan fingerprint density at radius 2 is 1.95 bits per heavy atom. The predicted molar refractivity (Wildman–Crippen MR) is 79.3 cm³/mol. The number of carbonyl (C=O) groups is 2. The molecule has 1 aromatic rings. The van der Waals surface area contributed by atoms with E-state index in [1.54, 1.807) is 0 Å². The van der Waals surface area contributed by atoms with Crippen LogP contribution in [0.2, 0.25) is 0 Å². The highest BCUT2D eigenvalue weighted by molar-refractivity contribution is 9.10. The van der Waals surface area contributed by atoms with Crippen molar-refractivity contribution in [3.05, 3.63) is 28.2 Å². The normalized spacial score (nSPS) is 12.1. The molecule has 1 amide bonds. The Balaban J connectivity index is 3.14. The van der Waals surface area contributed by atoms with E-state index < -0.39 is 27.4 Å². The van der Waals surface area contributed by atoms with Crippen molar-refractivity contribution in [2.24, 2.45) is 5.73 Å². The van der Waals surface area contributed by atoms with Gasteiger partial charge in [-0.3, -0.25) is 4.79 Å². The number of carboxylic acids is 1. The van der Waals surface area contributed by atoms with Crippen molar-refractivity contribution in [1.29, 1.82) is 0 Å². The summed E-state index contributed by atoms with van der Waals surface area (Å²) in [5.41, 5.74) is 3.97. The van der Waals surface area contributed by atoms with Crippen LogP contribution in [0.15, 0.2) is 27.6 Å². The topological polar surface area (TPSA) is 127 Å². The first-order valence-corrected chi connectivity index (χ1v) is 8.07. The standard InChI is InChI=1S/C12H15BrN2O5S/c1-12(2,6-10(14)16)15-21(19,20)9-4-3-7(11(17)18)5-8(9)13/h3-5,15H,6H2,1-2H3,(H2,14,16)(H,17,18). The van der Waals surface area contributed by atoms with E-state index in [1.807, 2.05) is 0 Å². The number of primary amides is 1. The summed E-state index contributed by atoms with van der Waals surface area (Å²) in [5.74, 6) is -1.80. The number of nitrogens with two attached hydrogens (primary N) is 1. The minimum absolute atomic E-state index is 0.0442. The first-order valence-electron chi connectivity index (χ1n) is 5.80. The number of carboxylic acid groups (broad SMARTS) is 1. The maximum atomic E-state index is 12.3. The highest BCUT2D eigenvalue weighted by Crippen LogP contribution is 2.25. The molecule has 0 atom stereocenters. The Morgan fingerprint density at radius 3 is 2.38 bits per heavy atom. The van der Waals surface area contributed by atoms with Crippen LogP contribution in [0.4, 0.5) is 0 Å². The van der Waals surface area contributed by atoms with Crippen molar-refractivity contribution in [3.63, 3.8) is 0 Å². The van der Waals surface area contributed by atoms with Crippen LogP contribution in [0.3, 0.4) is 0 Å². The summed E-state index contributed by atoms with van der Waals surface area (Å²) >= 11 is 3.04. The number of aromatic carboxylic acids is 1. The van der Waals surface area contributed by atoms with E-state index in [-0.39, 0.29) is 21.4 Å². The Labute approximate surface area is 130 Å². The number of hydrogen-bond acceptors (Lipinski definition) is 4. The zero-order valence-corrected chi connectivity index (χ0v) is 13.8. The minimum atomic E-state index is -3.93. The largest absolute Gasteiger partial charge is 0.478 e. The maximum absolute atomic E-state index is 12.3. The van der Waals surface area contributed by atoms with Gasteiger partial charge in [0.15, 0.2) is 0 Å². The molecule has 0 spiro atoms. The Hall–Kier alpha value is -1.45. The smallest absolute Gasteiger partial charge is 0.335 e. The van der Waals surface area contributed by atoms with Gasteiger partial charge in [-0.25, -0.2) is 17.9 Å². The highest BCUT2D eigenvalue weighted by atomic mass is 79.9. The van der Waals surface area contributed by atoms with E-state index in [9.17, 15) is 18.0 Å². The molecule has 116 valence electrons. The van der Waals surface area contributed by atoms with Gasteiger partial charge in [0.1, 0.15) is 0 Å². The van der Waals surface area contributed by atoms with E-state index in [4.69, 9.17) is 10.8 Å². The third kappa shape index (κ3) is 4.80. The van der Waals surface area contributed by atoms with Crippen LogP contribution in [0.25, 0.3) is 0 Å². The minimum Gasteiger partial charge on any atom is -0.478 e. The molecule has 1 rings (SSSR count). The molecule has 0 saturated heterocycles. The van der Waals surface area contributed by atoms with Crippen LogP contribution in [0.5, 0.6) is 0 Å². The van der Waals surface area contributed by atoms with Gasteiger partial charge in [-0.05, 0) is 48.0 Å². The summed E-state index contributed by atoms with van der Waals surface area (Å²) < 4.78 is 27.1. The summed E-state index contributed by atoms with van der Waals surface area (Å²) in [4.78, 5) is 21.6. The van der Waals surface area contributed by atoms with E-state index in [2.05, 4.69) is 20.7 Å². The van der Waals surface area contributed by atoms with Crippen molar-refractivity contribution >= 4 is 37.8 Å². The number of rotatable bonds is 6. The second-order valence-corrected chi connectivity index (χ2v) is 7.59. The lowest BCUT2D eigenvalue weighted by Crippen LogP contribution is -2.45. The molecule has 7 nitrogen and oxygen atoms in total. The lowest BCUT2D eigenvalue weighted by atomic mass is 10.0. The fourth-order valence-corrected chi connectivity index (χ4v) is 4.23. The summed E-state index contributed by atoms with van der Waals surface area (Å²) in [6.45, 7) is 3.05. The van der Waals surface area contributed by atoms with Crippen molar-refractivity contribution in [2.45, 2.75) is 30.7 Å². The monoisotopic (exact) mass is 378 g/mol. The van der Waals surface area contributed by atoms with Gasteiger partial charge < -0.3 is 10.8 Å².